The quantitative estimate of drug-likeness (QED) is 0.691. The van der Waals surface area contributed by atoms with Gasteiger partial charge in [-0.05, 0) is 36.2 Å². The van der Waals surface area contributed by atoms with E-state index in [4.69, 9.17) is 9.47 Å². The monoisotopic (exact) mass is 322 g/mol. The van der Waals surface area contributed by atoms with E-state index in [2.05, 4.69) is 15.8 Å². The number of hydrogen-bond acceptors (Lipinski definition) is 5. The van der Waals surface area contributed by atoms with Crippen molar-refractivity contribution in [1.29, 1.82) is 0 Å². The van der Waals surface area contributed by atoms with Gasteiger partial charge in [-0.3, -0.25) is 0 Å². The zero-order chi connectivity index (χ0) is 15.5. The zero-order valence-corrected chi connectivity index (χ0v) is 13.0. The van der Waals surface area contributed by atoms with Crippen molar-refractivity contribution in [2.75, 3.05) is 10.7 Å². The van der Waals surface area contributed by atoms with Gasteiger partial charge >= 0.3 is 0 Å². The molecule has 0 fully saturated rings. The number of benzene rings is 2. The molecule has 1 aromatic heterocycles. The van der Waals surface area contributed by atoms with Crippen LogP contribution in [0.4, 0.5) is 5.69 Å². The Morgan fingerprint density at radius 3 is 2.74 bits per heavy atom. The molecule has 0 atom stereocenters. The Hall–Kier alpha value is -2.66. The Labute approximate surface area is 138 Å². The average Bonchev–Trinajstić information content (AvgIpc) is 2.63. The lowest BCUT2D eigenvalue weighted by atomic mass is 10.1. The van der Waals surface area contributed by atoms with Gasteiger partial charge in [-0.25, -0.2) is 4.98 Å². The maximum Gasteiger partial charge on any atom is 0.219 e. The molecular formula is C18H14N2O2S. The van der Waals surface area contributed by atoms with Gasteiger partial charge in [-0.15, -0.1) is 0 Å². The predicted octanol–water partition coefficient (Wildman–Crippen LogP) is 4.95. The van der Waals surface area contributed by atoms with E-state index in [1.807, 2.05) is 60.8 Å². The molecule has 23 heavy (non-hydrogen) atoms. The molecule has 2 aromatic carbocycles. The van der Waals surface area contributed by atoms with Crippen molar-refractivity contribution < 1.29 is 9.47 Å². The lowest BCUT2D eigenvalue weighted by Crippen LogP contribution is -2.06. The van der Waals surface area contributed by atoms with Crippen LogP contribution in [-0.4, -0.2) is 10.9 Å². The maximum absolute atomic E-state index is 5.73. The first kappa shape index (κ1) is 14.0. The lowest BCUT2D eigenvalue weighted by molar-refractivity contribution is 0.392. The Bertz CT molecular complexity index is 807. The normalized spacial score (nSPS) is 12.7. The molecule has 1 aliphatic heterocycles. The number of para-hydroxylation sites is 2. The topological polar surface area (TPSA) is 43.4 Å². The molecule has 0 unspecified atom stereocenters. The molecule has 114 valence electrons. The summed E-state index contributed by atoms with van der Waals surface area (Å²) >= 11 is 1.53. The van der Waals surface area contributed by atoms with E-state index in [0.717, 1.165) is 28.3 Å². The number of nitrogens with one attached hydrogen (secondary N) is 1. The number of pyridine rings is 1. The fraction of sp³-hybridized carbons (Fsp3) is 0.0556. The van der Waals surface area contributed by atoms with Crippen molar-refractivity contribution in [3.63, 3.8) is 0 Å². The van der Waals surface area contributed by atoms with Crippen LogP contribution in [0.3, 0.4) is 0 Å². The molecule has 4 rings (SSSR count). The number of rotatable bonds is 3. The summed E-state index contributed by atoms with van der Waals surface area (Å²) in [6.45, 7) is 0. The van der Waals surface area contributed by atoms with Gasteiger partial charge in [0.15, 0.2) is 5.94 Å². The molecule has 0 aliphatic carbocycles. The smallest absolute Gasteiger partial charge is 0.219 e. The number of ether oxygens (including phenoxy) is 2. The minimum atomic E-state index is 0.573. The minimum absolute atomic E-state index is 0.573. The Morgan fingerprint density at radius 2 is 1.91 bits per heavy atom. The third-order valence-electron chi connectivity index (χ3n) is 3.49. The molecule has 0 spiro atoms. The zero-order valence-electron chi connectivity index (χ0n) is 12.2. The van der Waals surface area contributed by atoms with Crippen LogP contribution in [0.2, 0.25) is 0 Å². The Morgan fingerprint density at radius 1 is 1.00 bits per heavy atom. The number of hydrogen-bond donors (Lipinski definition) is 1. The van der Waals surface area contributed by atoms with Gasteiger partial charge < -0.3 is 14.2 Å². The number of aromatic nitrogens is 1. The van der Waals surface area contributed by atoms with Crippen LogP contribution in [0.1, 0.15) is 0 Å². The highest BCUT2D eigenvalue weighted by Gasteiger charge is 2.15. The molecular weight excluding hydrogens is 308 g/mol. The van der Waals surface area contributed by atoms with Crippen molar-refractivity contribution in [2.45, 2.75) is 0 Å². The first-order valence-corrected chi connectivity index (χ1v) is 8.22. The SMILES string of the molecule is c1ccc(Oc2ccc(-c3cccc4c3NSCO4)cn2)cc1. The molecule has 3 aromatic rings. The number of fused-ring (bicyclic) bond motifs is 1. The Kier molecular flexibility index (Phi) is 3.78. The largest absolute Gasteiger partial charge is 0.479 e. The highest BCUT2D eigenvalue weighted by atomic mass is 32.2. The standard InChI is InChI=1S/C18H14N2O2S/c1-2-5-14(6-3-1)22-17-10-9-13(11-19-17)15-7-4-8-16-18(15)20-23-12-21-16/h1-11,20H,12H2. The third-order valence-corrected chi connectivity index (χ3v) is 4.07. The average molecular weight is 322 g/mol. The second kappa shape index (κ2) is 6.22. The maximum atomic E-state index is 5.73. The molecule has 4 nitrogen and oxygen atoms in total. The summed E-state index contributed by atoms with van der Waals surface area (Å²) in [6.07, 6.45) is 1.81. The van der Waals surface area contributed by atoms with Gasteiger partial charge in [-0.2, -0.15) is 0 Å². The summed E-state index contributed by atoms with van der Waals surface area (Å²) in [6, 6.07) is 19.5. The molecule has 0 amide bonds. The summed E-state index contributed by atoms with van der Waals surface area (Å²) in [5.41, 5.74) is 3.07. The van der Waals surface area contributed by atoms with E-state index in [9.17, 15) is 0 Å². The molecule has 0 radical (unpaired) electrons. The molecule has 5 heteroatoms. The highest BCUT2D eigenvalue weighted by molar-refractivity contribution is 8.00. The first-order chi connectivity index (χ1) is 11.4. The van der Waals surface area contributed by atoms with E-state index in [1.165, 1.54) is 11.9 Å². The van der Waals surface area contributed by atoms with E-state index < -0.39 is 0 Å². The molecule has 2 heterocycles. The van der Waals surface area contributed by atoms with E-state index in [0.29, 0.717) is 11.8 Å². The highest BCUT2D eigenvalue weighted by Crippen LogP contribution is 2.40. The molecule has 0 saturated carbocycles. The number of nitrogens with zero attached hydrogens (tertiary/aromatic N) is 1. The molecule has 1 N–H and O–H groups in total. The van der Waals surface area contributed by atoms with E-state index >= 15 is 0 Å². The van der Waals surface area contributed by atoms with Crippen molar-refractivity contribution in [1.82, 2.24) is 4.98 Å². The fourth-order valence-electron chi connectivity index (χ4n) is 2.40. The summed E-state index contributed by atoms with van der Waals surface area (Å²) in [7, 11) is 0. The summed E-state index contributed by atoms with van der Waals surface area (Å²) in [5, 5.41) is 0. The van der Waals surface area contributed by atoms with Crippen molar-refractivity contribution in [3.8, 4) is 28.5 Å². The number of anilines is 1. The van der Waals surface area contributed by atoms with Crippen LogP contribution in [0, 0.1) is 0 Å². The molecule has 0 bridgehead atoms. The van der Waals surface area contributed by atoms with Crippen LogP contribution < -0.4 is 14.2 Å². The van der Waals surface area contributed by atoms with E-state index in [-0.39, 0.29) is 0 Å². The van der Waals surface area contributed by atoms with Gasteiger partial charge in [0.2, 0.25) is 5.88 Å². The minimum Gasteiger partial charge on any atom is -0.479 e. The fourth-order valence-corrected chi connectivity index (χ4v) is 3.00. The van der Waals surface area contributed by atoms with Crippen molar-refractivity contribution in [2.24, 2.45) is 0 Å². The van der Waals surface area contributed by atoms with E-state index in [1.54, 1.807) is 0 Å². The van der Waals surface area contributed by atoms with Gasteiger partial charge in [0.05, 0.1) is 5.69 Å². The predicted molar refractivity (Wildman–Crippen MR) is 92.9 cm³/mol. The Balaban J connectivity index is 1.61. The lowest BCUT2D eigenvalue weighted by Gasteiger charge is -2.20. The third kappa shape index (κ3) is 2.96. The van der Waals surface area contributed by atoms with Gasteiger partial charge in [0, 0.05) is 23.4 Å². The summed E-state index contributed by atoms with van der Waals surface area (Å²) in [5.74, 6) is 2.82. The van der Waals surface area contributed by atoms with Gasteiger partial charge in [0.25, 0.3) is 0 Å². The van der Waals surface area contributed by atoms with Crippen LogP contribution in [0.15, 0.2) is 66.9 Å². The van der Waals surface area contributed by atoms with Gasteiger partial charge in [-0.1, -0.05) is 30.3 Å². The van der Waals surface area contributed by atoms with Crippen LogP contribution in [0.25, 0.3) is 11.1 Å². The van der Waals surface area contributed by atoms with Crippen LogP contribution in [-0.2, 0) is 0 Å². The van der Waals surface area contributed by atoms with Crippen molar-refractivity contribution >= 4 is 17.6 Å². The summed E-state index contributed by atoms with van der Waals surface area (Å²) in [4.78, 5) is 4.40. The van der Waals surface area contributed by atoms with Gasteiger partial charge in [0.1, 0.15) is 11.5 Å². The summed E-state index contributed by atoms with van der Waals surface area (Å²) < 4.78 is 14.7. The van der Waals surface area contributed by atoms with Crippen LogP contribution >= 0.6 is 11.9 Å². The second-order valence-electron chi connectivity index (χ2n) is 4.99. The molecule has 0 saturated heterocycles. The van der Waals surface area contributed by atoms with Crippen molar-refractivity contribution in [3.05, 3.63) is 66.9 Å². The first-order valence-electron chi connectivity index (χ1n) is 7.23. The molecule has 1 aliphatic rings. The second-order valence-corrected chi connectivity index (χ2v) is 5.72. The van der Waals surface area contributed by atoms with Crippen LogP contribution in [0.5, 0.6) is 17.4 Å².